The van der Waals surface area contributed by atoms with E-state index in [4.69, 9.17) is 23.1 Å². The van der Waals surface area contributed by atoms with E-state index < -0.39 is 21.9 Å². The van der Waals surface area contributed by atoms with Crippen LogP contribution in [0.3, 0.4) is 0 Å². The SMILES string of the molecule is NC(N)=Nc1ncc(Cl)c2ccc(S(=O)(=O)NC3(C(O)O)CCCC3)cc12. The second-order valence-electron chi connectivity index (χ2n) is 6.52. The molecule has 0 atom stereocenters. The summed E-state index contributed by atoms with van der Waals surface area (Å²) in [5.74, 6) is -0.102. The van der Waals surface area contributed by atoms with E-state index in [-0.39, 0.29) is 16.7 Å². The molecule has 0 radical (unpaired) electrons. The van der Waals surface area contributed by atoms with E-state index in [2.05, 4.69) is 14.7 Å². The first kappa shape index (κ1) is 19.8. The van der Waals surface area contributed by atoms with Gasteiger partial charge < -0.3 is 21.7 Å². The Labute approximate surface area is 161 Å². The fourth-order valence-corrected chi connectivity index (χ4v) is 4.99. The highest BCUT2D eigenvalue weighted by Crippen LogP contribution is 2.35. The fraction of sp³-hybridized carbons (Fsp3) is 0.375. The van der Waals surface area contributed by atoms with Crippen molar-refractivity contribution < 1.29 is 18.6 Å². The van der Waals surface area contributed by atoms with E-state index in [1.807, 2.05) is 0 Å². The van der Waals surface area contributed by atoms with Crippen LogP contribution in [0.25, 0.3) is 10.8 Å². The summed E-state index contributed by atoms with van der Waals surface area (Å²) in [6.45, 7) is 0. The van der Waals surface area contributed by atoms with Gasteiger partial charge in [0.1, 0.15) is 0 Å². The smallest absolute Gasteiger partial charge is 0.241 e. The van der Waals surface area contributed by atoms with Gasteiger partial charge >= 0.3 is 0 Å². The number of benzene rings is 1. The second-order valence-corrected chi connectivity index (χ2v) is 8.61. The summed E-state index contributed by atoms with van der Waals surface area (Å²) in [5.41, 5.74) is 9.51. The summed E-state index contributed by atoms with van der Waals surface area (Å²) in [4.78, 5) is 7.86. The molecule has 1 fully saturated rings. The third-order valence-corrected chi connectivity index (χ3v) is 6.51. The molecule has 0 spiro atoms. The minimum atomic E-state index is -4.05. The largest absolute Gasteiger partial charge is 0.370 e. The van der Waals surface area contributed by atoms with Gasteiger partial charge in [-0.3, -0.25) is 0 Å². The van der Waals surface area contributed by atoms with Gasteiger partial charge in [-0.2, -0.15) is 9.71 Å². The van der Waals surface area contributed by atoms with Gasteiger partial charge in [0.2, 0.25) is 10.0 Å². The van der Waals surface area contributed by atoms with Crippen LogP contribution < -0.4 is 16.2 Å². The zero-order chi connectivity index (χ0) is 19.8. The normalized spacial score (nSPS) is 16.7. The van der Waals surface area contributed by atoms with Gasteiger partial charge in [0.15, 0.2) is 18.1 Å². The van der Waals surface area contributed by atoms with Crippen LogP contribution in [-0.2, 0) is 10.0 Å². The average Bonchev–Trinajstić information content (AvgIpc) is 3.06. The van der Waals surface area contributed by atoms with E-state index in [1.54, 1.807) is 0 Å². The number of nitrogens with one attached hydrogen (secondary N) is 1. The van der Waals surface area contributed by atoms with Crippen molar-refractivity contribution in [3.8, 4) is 0 Å². The van der Waals surface area contributed by atoms with Crippen molar-refractivity contribution in [1.82, 2.24) is 9.71 Å². The molecule has 1 aliphatic carbocycles. The highest BCUT2D eigenvalue weighted by Gasteiger charge is 2.43. The number of sulfonamides is 1. The Morgan fingerprint density at radius 3 is 2.52 bits per heavy atom. The molecule has 1 saturated carbocycles. The van der Waals surface area contributed by atoms with Crippen LogP contribution in [-0.4, -0.2) is 41.4 Å². The first-order valence-corrected chi connectivity index (χ1v) is 10.1. The topological polar surface area (TPSA) is 164 Å². The van der Waals surface area contributed by atoms with Gasteiger partial charge in [0.25, 0.3) is 0 Å². The maximum atomic E-state index is 12.9. The highest BCUT2D eigenvalue weighted by atomic mass is 35.5. The number of nitrogens with two attached hydrogens (primary N) is 2. The number of fused-ring (bicyclic) bond motifs is 1. The Morgan fingerprint density at radius 1 is 1.26 bits per heavy atom. The first-order valence-electron chi connectivity index (χ1n) is 8.23. The molecule has 0 unspecified atom stereocenters. The summed E-state index contributed by atoms with van der Waals surface area (Å²) in [6, 6.07) is 4.25. The Balaban J connectivity index is 2.09. The molecule has 1 aromatic carbocycles. The van der Waals surface area contributed by atoms with Crippen LogP contribution in [0.1, 0.15) is 25.7 Å². The van der Waals surface area contributed by atoms with Gasteiger partial charge in [-0.05, 0) is 25.0 Å². The van der Waals surface area contributed by atoms with Crippen molar-refractivity contribution in [3.05, 3.63) is 29.4 Å². The van der Waals surface area contributed by atoms with Crippen LogP contribution in [0.15, 0.2) is 34.3 Å². The first-order chi connectivity index (χ1) is 12.6. The lowest BCUT2D eigenvalue weighted by Gasteiger charge is -2.31. The molecule has 0 bridgehead atoms. The monoisotopic (exact) mass is 413 g/mol. The third kappa shape index (κ3) is 3.85. The molecule has 146 valence electrons. The predicted molar refractivity (Wildman–Crippen MR) is 102 cm³/mol. The molecule has 0 aliphatic heterocycles. The van der Waals surface area contributed by atoms with Gasteiger partial charge in [-0.15, -0.1) is 0 Å². The Hall–Kier alpha value is -1.98. The van der Waals surface area contributed by atoms with Crippen molar-refractivity contribution in [2.75, 3.05) is 0 Å². The Kier molecular flexibility index (Phi) is 5.28. The fourth-order valence-electron chi connectivity index (χ4n) is 3.30. The number of hydrogen-bond acceptors (Lipinski definition) is 6. The zero-order valence-electron chi connectivity index (χ0n) is 14.3. The number of guanidine groups is 1. The molecule has 0 amide bonds. The second kappa shape index (κ2) is 7.21. The van der Waals surface area contributed by atoms with E-state index in [9.17, 15) is 18.6 Å². The van der Waals surface area contributed by atoms with Crippen LogP contribution in [0.2, 0.25) is 5.02 Å². The van der Waals surface area contributed by atoms with Crippen molar-refractivity contribution in [3.63, 3.8) is 0 Å². The van der Waals surface area contributed by atoms with Crippen LogP contribution in [0, 0.1) is 0 Å². The number of rotatable bonds is 5. The van der Waals surface area contributed by atoms with Crippen molar-refractivity contribution in [1.29, 1.82) is 0 Å². The molecule has 1 aromatic heterocycles. The number of aliphatic imine (C=N–C) groups is 1. The summed E-state index contributed by atoms with van der Waals surface area (Å²) in [7, 11) is -4.05. The molecule has 3 rings (SSSR count). The molecule has 1 aliphatic rings. The maximum absolute atomic E-state index is 12.9. The van der Waals surface area contributed by atoms with Crippen molar-refractivity contribution >= 4 is 44.2 Å². The number of halogens is 1. The van der Waals surface area contributed by atoms with E-state index >= 15 is 0 Å². The Bertz CT molecular complexity index is 999. The number of hydrogen-bond donors (Lipinski definition) is 5. The van der Waals surface area contributed by atoms with Crippen molar-refractivity contribution in [2.24, 2.45) is 16.5 Å². The molecule has 2 aromatic rings. The van der Waals surface area contributed by atoms with Gasteiger partial charge in [-0.1, -0.05) is 30.5 Å². The number of aromatic nitrogens is 1. The molecule has 27 heavy (non-hydrogen) atoms. The zero-order valence-corrected chi connectivity index (χ0v) is 15.8. The molecule has 11 heteroatoms. The number of pyridine rings is 1. The molecule has 7 N–H and O–H groups in total. The number of aliphatic hydroxyl groups excluding tert-OH is 1. The van der Waals surface area contributed by atoms with Crippen molar-refractivity contribution in [2.45, 2.75) is 42.4 Å². The quantitative estimate of drug-likeness (QED) is 0.273. The highest BCUT2D eigenvalue weighted by molar-refractivity contribution is 7.89. The lowest BCUT2D eigenvalue weighted by atomic mass is 9.99. The van der Waals surface area contributed by atoms with E-state index in [1.165, 1.54) is 24.4 Å². The number of aliphatic hydroxyl groups is 2. The molecular weight excluding hydrogens is 394 g/mol. The van der Waals surface area contributed by atoms with Crippen LogP contribution in [0.4, 0.5) is 5.82 Å². The molecule has 1 heterocycles. The molecule has 0 saturated heterocycles. The standard InChI is InChI=1S/C16H20ClN5O4S/c17-12-8-20-13(21-15(18)19)11-7-9(3-4-10(11)12)27(25,26)22-16(14(23)24)5-1-2-6-16/h3-4,7-8,14,22-24H,1-2,5-6H2,(H4,18,19,20,21). The minimum Gasteiger partial charge on any atom is -0.370 e. The summed E-state index contributed by atoms with van der Waals surface area (Å²) in [6.07, 6.45) is 1.64. The minimum absolute atomic E-state index is 0.0852. The molecular formula is C16H20ClN5O4S. The van der Waals surface area contributed by atoms with Crippen LogP contribution in [0.5, 0.6) is 0 Å². The van der Waals surface area contributed by atoms with Gasteiger partial charge in [-0.25, -0.2) is 13.4 Å². The van der Waals surface area contributed by atoms with E-state index in [0.717, 1.165) is 0 Å². The summed E-state index contributed by atoms with van der Waals surface area (Å²) < 4.78 is 28.2. The third-order valence-electron chi connectivity index (χ3n) is 4.66. The number of nitrogens with zero attached hydrogens (tertiary/aromatic N) is 2. The average molecular weight is 414 g/mol. The lowest BCUT2D eigenvalue weighted by molar-refractivity contribution is -0.0997. The predicted octanol–water partition coefficient (Wildman–Crippen LogP) is 0.695. The Morgan fingerprint density at radius 2 is 1.93 bits per heavy atom. The van der Waals surface area contributed by atoms with Gasteiger partial charge in [0, 0.05) is 17.0 Å². The molecule has 9 nitrogen and oxygen atoms in total. The lowest BCUT2D eigenvalue weighted by Crippen LogP contribution is -2.54. The summed E-state index contributed by atoms with van der Waals surface area (Å²) in [5, 5.41) is 20.6. The maximum Gasteiger partial charge on any atom is 0.241 e. The van der Waals surface area contributed by atoms with Gasteiger partial charge in [0.05, 0.1) is 15.5 Å². The van der Waals surface area contributed by atoms with E-state index in [0.29, 0.717) is 41.5 Å². The van der Waals surface area contributed by atoms with Crippen LogP contribution >= 0.6 is 11.6 Å². The summed E-state index contributed by atoms with van der Waals surface area (Å²) >= 11 is 6.13.